The van der Waals surface area contributed by atoms with Gasteiger partial charge >= 0.3 is 18.9 Å². The summed E-state index contributed by atoms with van der Waals surface area (Å²) in [7, 11) is -4.79. The summed E-state index contributed by atoms with van der Waals surface area (Å²) >= 11 is 0. The first kappa shape index (κ1) is 12.7. The number of hydrogen-bond acceptors (Lipinski definition) is 5. The van der Waals surface area contributed by atoms with Crippen LogP contribution in [-0.2, 0) is 10.1 Å². The Morgan fingerprint density at radius 1 is 1.54 bits per heavy atom. The van der Waals surface area contributed by atoms with Crippen molar-refractivity contribution in [1.82, 2.24) is 0 Å². The van der Waals surface area contributed by atoms with Gasteiger partial charge in [0.15, 0.2) is 4.93 Å². The molecule has 0 spiro atoms. The zero-order valence-corrected chi connectivity index (χ0v) is 7.78. The number of hydrogen-bond donors (Lipinski definition) is 2. The molecular formula is C6H7LiO5S. The molecule has 0 aromatic heterocycles. The van der Waals surface area contributed by atoms with Gasteiger partial charge in [-0.05, 0) is 18.2 Å². The Morgan fingerprint density at radius 3 is 2.38 bits per heavy atom. The van der Waals surface area contributed by atoms with E-state index in [0.29, 0.717) is 0 Å². The summed E-state index contributed by atoms with van der Waals surface area (Å²) < 4.78 is 31.3. The van der Waals surface area contributed by atoms with Gasteiger partial charge in [-0.3, -0.25) is 0 Å². The summed E-state index contributed by atoms with van der Waals surface area (Å²) in [6.07, 6.45) is 2.39. The summed E-state index contributed by atoms with van der Waals surface area (Å²) in [6.45, 7) is 0. The van der Waals surface area contributed by atoms with Crippen LogP contribution < -0.4 is 18.9 Å². The largest absolute Gasteiger partial charge is 1.00 e. The Balaban J connectivity index is 0.00000144. The summed E-state index contributed by atoms with van der Waals surface area (Å²) in [5, 5.41) is 18.0. The molecule has 0 aliphatic heterocycles. The fraction of sp³-hybridized carbons (Fsp3) is 0.333. The van der Waals surface area contributed by atoms with Crippen LogP contribution in [0.2, 0.25) is 0 Å². The van der Waals surface area contributed by atoms with Gasteiger partial charge in [-0.15, -0.1) is 0 Å². The van der Waals surface area contributed by atoms with Crippen LogP contribution in [0.25, 0.3) is 0 Å². The van der Waals surface area contributed by atoms with Crippen molar-refractivity contribution in [3.63, 3.8) is 0 Å². The van der Waals surface area contributed by atoms with Crippen LogP contribution in [0.5, 0.6) is 0 Å². The molecule has 0 aromatic carbocycles. The van der Waals surface area contributed by atoms with Crippen molar-refractivity contribution in [3.8, 4) is 0 Å². The maximum Gasteiger partial charge on any atom is 1.00 e. The maximum absolute atomic E-state index is 10.4. The van der Waals surface area contributed by atoms with E-state index in [4.69, 9.17) is 5.11 Å². The molecule has 0 amide bonds. The third kappa shape index (κ3) is 2.59. The molecule has 2 N–H and O–H groups in total. The smallest absolute Gasteiger partial charge is 0.745 e. The van der Waals surface area contributed by atoms with E-state index in [0.717, 1.165) is 18.2 Å². The van der Waals surface area contributed by atoms with Gasteiger partial charge in [0.1, 0.15) is 15.9 Å². The van der Waals surface area contributed by atoms with Crippen LogP contribution in [0.1, 0.15) is 6.42 Å². The zero-order chi connectivity index (χ0) is 9.41. The van der Waals surface area contributed by atoms with E-state index in [1.54, 1.807) is 0 Å². The van der Waals surface area contributed by atoms with Gasteiger partial charge in [-0.2, -0.15) is 0 Å². The number of allylic oxidation sites excluding steroid dienone is 1. The molecule has 0 saturated heterocycles. The van der Waals surface area contributed by atoms with Crippen molar-refractivity contribution < 1.29 is 42.0 Å². The van der Waals surface area contributed by atoms with Crippen LogP contribution >= 0.6 is 0 Å². The van der Waals surface area contributed by atoms with E-state index in [9.17, 15) is 18.1 Å². The fourth-order valence-corrected chi connectivity index (χ4v) is 1.31. The molecule has 68 valence electrons. The number of aliphatic hydroxyl groups excluding tert-OH is 1. The van der Waals surface area contributed by atoms with Gasteiger partial charge in [0.2, 0.25) is 0 Å². The van der Waals surface area contributed by atoms with E-state index in [1.165, 1.54) is 0 Å². The summed E-state index contributed by atoms with van der Waals surface area (Å²) in [5.74, 6) is -0.164. The summed E-state index contributed by atoms with van der Waals surface area (Å²) in [5.41, 5.74) is 0. The molecule has 0 radical (unpaired) electrons. The number of aliphatic hydroxyl groups is 2. The number of rotatable bonds is 1. The molecule has 1 rings (SSSR count). The predicted molar refractivity (Wildman–Crippen MR) is 39.1 cm³/mol. The van der Waals surface area contributed by atoms with E-state index in [1.807, 2.05) is 0 Å². The van der Waals surface area contributed by atoms with Crippen LogP contribution in [-0.4, -0.2) is 28.1 Å². The Morgan fingerprint density at radius 2 is 2.08 bits per heavy atom. The van der Waals surface area contributed by atoms with Crippen LogP contribution in [0.3, 0.4) is 0 Å². The van der Waals surface area contributed by atoms with E-state index in [-0.39, 0.29) is 24.6 Å². The van der Waals surface area contributed by atoms with Crippen LogP contribution in [0.15, 0.2) is 24.0 Å². The molecule has 0 aromatic rings. The van der Waals surface area contributed by atoms with Crippen molar-refractivity contribution >= 4 is 10.1 Å². The standard InChI is InChI=1S/C6H8O5S.Li/c7-5-1-3-6(8,4-2-5)12(9,10)11;/h1-3,7-8H,4H2,(H,9,10,11);/q;+1/p-1. The first-order valence-corrected chi connectivity index (χ1v) is 4.52. The van der Waals surface area contributed by atoms with Crippen LogP contribution in [0.4, 0.5) is 0 Å². The third-order valence-corrected chi connectivity index (χ3v) is 2.72. The van der Waals surface area contributed by atoms with Gasteiger partial charge in [0.25, 0.3) is 0 Å². The Kier molecular flexibility index (Phi) is 3.79. The molecular weight excluding hydrogens is 191 g/mol. The van der Waals surface area contributed by atoms with Gasteiger partial charge in [0, 0.05) is 6.42 Å². The minimum Gasteiger partial charge on any atom is -0.745 e. The maximum atomic E-state index is 10.4. The second-order valence-corrected chi connectivity index (χ2v) is 4.08. The SMILES string of the molecule is O=S(=O)([O-])C1(O)C=CC(O)=CC1.[Li+]. The molecule has 0 fully saturated rings. The molecule has 1 aliphatic carbocycles. The average molecular weight is 198 g/mol. The topological polar surface area (TPSA) is 97.7 Å². The second-order valence-electron chi connectivity index (χ2n) is 2.47. The van der Waals surface area contributed by atoms with Crippen molar-refractivity contribution in [2.75, 3.05) is 0 Å². The van der Waals surface area contributed by atoms with Crippen molar-refractivity contribution in [3.05, 3.63) is 24.0 Å². The molecule has 0 saturated carbocycles. The first-order valence-electron chi connectivity index (χ1n) is 3.11. The fourth-order valence-electron chi connectivity index (χ4n) is 0.788. The predicted octanol–water partition coefficient (Wildman–Crippen LogP) is -3.37. The van der Waals surface area contributed by atoms with Gasteiger partial charge in [-0.1, -0.05) is 0 Å². The molecule has 13 heavy (non-hydrogen) atoms. The molecule has 1 aliphatic rings. The zero-order valence-electron chi connectivity index (χ0n) is 6.97. The summed E-state index contributed by atoms with van der Waals surface area (Å²) in [6, 6.07) is 0. The third-order valence-electron chi connectivity index (χ3n) is 1.55. The molecule has 1 atom stereocenters. The molecule has 5 nitrogen and oxygen atoms in total. The Bertz CT molecular complexity index is 344. The van der Waals surface area contributed by atoms with E-state index in [2.05, 4.69) is 0 Å². The summed E-state index contributed by atoms with van der Waals surface area (Å²) in [4.78, 5) is -2.40. The van der Waals surface area contributed by atoms with Gasteiger partial charge in [0.05, 0.1) is 0 Å². The molecule has 0 bridgehead atoms. The minimum absolute atomic E-state index is 0. The van der Waals surface area contributed by atoms with Crippen molar-refractivity contribution in [1.29, 1.82) is 0 Å². The minimum atomic E-state index is -4.79. The molecule has 7 heteroatoms. The average Bonchev–Trinajstić information content (AvgIpc) is 1.93. The molecule has 1 unspecified atom stereocenters. The Hall–Kier alpha value is -0.253. The van der Waals surface area contributed by atoms with Crippen LogP contribution in [0, 0.1) is 0 Å². The Labute approximate surface area is 87.7 Å². The first-order chi connectivity index (χ1) is 5.35. The molecule has 0 heterocycles. The van der Waals surface area contributed by atoms with Crippen molar-refractivity contribution in [2.24, 2.45) is 0 Å². The van der Waals surface area contributed by atoms with E-state index >= 15 is 0 Å². The monoisotopic (exact) mass is 198 g/mol. The quantitative estimate of drug-likeness (QED) is 0.338. The van der Waals surface area contributed by atoms with Gasteiger partial charge < -0.3 is 14.8 Å². The van der Waals surface area contributed by atoms with Gasteiger partial charge in [-0.25, -0.2) is 8.42 Å². The van der Waals surface area contributed by atoms with Crippen molar-refractivity contribution in [2.45, 2.75) is 11.4 Å². The normalized spacial score (nSPS) is 27.7. The second kappa shape index (κ2) is 3.86. The van der Waals surface area contributed by atoms with E-state index < -0.39 is 21.5 Å².